The fraction of sp³-hybridized carbons (Fsp3) is 0.600. The van der Waals surface area contributed by atoms with Crippen molar-refractivity contribution in [2.45, 2.75) is 31.7 Å². The van der Waals surface area contributed by atoms with Gasteiger partial charge in [0.25, 0.3) is 0 Å². The number of rotatable bonds is 5. The molecule has 2 rings (SSSR count). The minimum atomic E-state index is -4.56. The fourth-order valence-corrected chi connectivity index (χ4v) is 4.06. The number of piperidine rings is 1. The lowest BCUT2D eigenvalue weighted by atomic mass is 9.83. The number of benzene rings is 1. The number of hydrogen-bond acceptors (Lipinski definition) is 3. The van der Waals surface area contributed by atoms with Gasteiger partial charge in [-0.15, -0.1) is 0 Å². The van der Waals surface area contributed by atoms with Crippen LogP contribution in [-0.2, 0) is 22.0 Å². The van der Waals surface area contributed by atoms with Crippen molar-refractivity contribution in [3.05, 3.63) is 35.4 Å². The Morgan fingerprint density at radius 3 is 2.61 bits per heavy atom. The predicted octanol–water partition coefficient (Wildman–Crippen LogP) is 2.51. The van der Waals surface area contributed by atoms with E-state index in [1.807, 2.05) is 6.92 Å². The van der Waals surface area contributed by atoms with Gasteiger partial charge < -0.3 is 5.32 Å². The number of nitrogens with one attached hydrogen (secondary N) is 2. The molecule has 130 valence electrons. The standard InChI is InChI=1S/C15H21F3N2O2S/c1-14(7-4-8-19-10-14)11-20-23(21,22)9-12-5-2-3-6-13(12)15(16,17)18/h2-3,5-6,19-20H,4,7-11H2,1H3. The lowest BCUT2D eigenvalue weighted by molar-refractivity contribution is -0.138. The van der Waals surface area contributed by atoms with E-state index in [1.54, 1.807) is 0 Å². The lowest BCUT2D eigenvalue weighted by Gasteiger charge is -2.34. The average Bonchev–Trinajstić information content (AvgIpc) is 2.45. The number of hydrogen-bond donors (Lipinski definition) is 2. The van der Waals surface area contributed by atoms with Gasteiger partial charge in [0.05, 0.1) is 11.3 Å². The Morgan fingerprint density at radius 1 is 1.30 bits per heavy atom. The van der Waals surface area contributed by atoms with Crippen molar-refractivity contribution >= 4 is 10.0 Å². The Kier molecular flexibility index (Phi) is 5.37. The van der Waals surface area contributed by atoms with E-state index in [4.69, 9.17) is 0 Å². The van der Waals surface area contributed by atoms with Gasteiger partial charge >= 0.3 is 6.18 Å². The van der Waals surface area contributed by atoms with Crippen LogP contribution < -0.4 is 10.0 Å². The van der Waals surface area contributed by atoms with Crippen LogP contribution in [0.3, 0.4) is 0 Å². The summed E-state index contributed by atoms with van der Waals surface area (Å²) < 4.78 is 65.6. The summed E-state index contributed by atoms with van der Waals surface area (Å²) in [5.41, 5.74) is -1.36. The molecule has 23 heavy (non-hydrogen) atoms. The first-order chi connectivity index (χ1) is 10.6. The molecule has 0 spiro atoms. The minimum absolute atomic E-state index is 0.213. The maximum atomic E-state index is 12.9. The van der Waals surface area contributed by atoms with Crippen molar-refractivity contribution in [1.29, 1.82) is 0 Å². The summed E-state index contributed by atoms with van der Waals surface area (Å²) in [5, 5.41) is 3.21. The second kappa shape index (κ2) is 6.78. The van der Waals surface area contributed by atoms with Crippen LogP contribution in [0.25, 0.3) is 0 Å². The van der Waals surface area contributed by atoms with Gasteiger partial charge in [0, 0.05) is 13.1 Å². The van der Waals surface area contributed by atoms with Crippen molar-refractivity contribution in [2.75, 3.05) is 19.6 Å². The van der Waals surface area contributed by atoms with Gasteiger partial charge in [-0.1, -0.05) is 25.1 Å². The zero-order valence-electron chi connectivity index (χ0n) is 12.9. The molecule has 0 bridgehead atoms. The topological polar surface area (TPSA) is 58.2 Å². The first kappa shape index (κ1) is 18.2. The van der Waals surface area contributed by atoms with E-state index in [1.165, 1.54) is 18.2 Å². The van der Waals surface area contributed by atoms with Gasteiger partial charge in [0.1, 0.15) is 0 Å². The summed E-state index contributed by atoms with van der Waals surface area (Å²) in [4.78, 5) is 0. The molecule has 0 saturated carbocycles. The third kappa shape index (κ3) is 5.19. The van der Waals surface area contributed by atoms with Gasteiger partial charge in [-0.3, -0.25) is 0 Å². The van der Waals surface area contributed by atoms with E-state index in [2.05, 4.69) is 10.0 Å². The zero-order chi connectivity index (χ0) is 17.1. The second-order valence-corrected chi connectivity index (χ2v) is 8.13. The van der Waals surface area contributed by atoms with E-state index >= 15 is 0 Å². The van der Waals surface area contributed by atoms with Gasteiger partial charge in [-0.05, 0) is 36.4 Å². The molecular formula is C15H21F3N2O2S. The molecule has 1 saturated heterocycles. The molecule has 0 aromatic heterocycles. The minimum Gasteiger partial charge on any atom is -0.316 e. The van der Waals surface area contributed by atoms with Crippen molar-refractivity contribution in [3.63, 3.8) is 0 Å². The van der Waals surface area contributed by atoms with Crippen LogP contribution in [0.1, 0.15) is 30.9 Å². The normalized spacial score (nSPS) is 23.0. The van der Waals surface area contributed by atoms with Gasteiger partial charge in [-0.25, -0.2) is 13.1 Å². The predicted molar refractivity (Wildman–Crippen MR) is 82.3 cm³/mol. The maximum absolute atomic E-state index is 12.9. The van der Waals surface area contributed by atoms with Gasteiger partial charge in [0.15, 0.2) is 0 Å². The fourth-order valence-electron chi connectivity index (χ4n) is 2.73. The van der Waals surface area contributed by atoms with E-state index in [-0.39, 0.29) is 17.5 Å². The summed E-state index contributed by atoms with van der Waals surface area (Å²) in [6.45, 7) is 3.78. The van der Waals surface area contributed by atoms with Crippen LogP contribution >= 0.6 is 0 Å². The number of alkyl halides is 3. The molecule has 0 radical (unpaired) electrons. The van der Waals surface area contributed by atoms with Crippen LogP contribution in [0, 0.1) is 5.41 Å². The molecule has 1 atom stereocenters. The van der Waals surface area contributed by atoms with Crippen LogP contribution in [0.15, 0.2) is 24.3 Å². The first-order valence-corrected chi connectivity index (χ1v) is 9.10. The van der Waals surface area contributed by atoms with Crippen molar-refractivity contribution in [2.24, 2.45) is 5.41 Å². The Hall–Kier alpha value is -1.12. The molecule has 4 nitrogen and oxygen atoms in total. The summed E-state index contributed by atoms with van der Waals surface area (Å²) in [6.07, 6.45) is -2.73. The maximum Gasteiger partial charge on any atom is 0.416 e. The molecule has 1 fully saturated rings. The quantitative estimate of drug-likeness (QED) is 0.858. The van der Waals surface area contributed by atoms with Crippen LogP contribution in [0.2, 0.25) is 0 Å². The lowest BCUT2D eigenvalue weighted by Crippen LogP contribution is -2.45. The second-order valence-electron chi connectivity index (χ2n) is 6.33. The zero-order valence-corrected chi connectivity index (χ0v) is 13.7. The average molecular weight is 350 g/mol. The van der Waals surface area contributed by atoms with E-state index in [9.17, 15) is 21.6 Å². The molecule has 1 unspecified atom stereocenters. The molecule has 2 N–H and O–H groups in total. The van der Waals surface area contributed by atoms with E-state index in [0.29, 0.717) is 6.54 Å². The Labute approximate surface area is 134 Å². The van der Waals surface area contributed by atoms with Crippen molar-refractivity contribution in [3.8, 4) is 0 Å². The SMILES string of the molecule is CC1(CNS(=O)(=O)Cc2ccccc2C(F)(F)F)CCCNC1. The van der Waals surface area contributed by atoms with Crippen LogP contribution in [0.4, 0.5) is 13.2 Å². The van der Waals surface area contributed by atoms with Gasteiger partial charge in [-0.2, -0.15) is 13.2 Å². The molecule has 0 aliphatic carbocycles. The Balaban J connectivity index is 2.07. The highest BCUT2D eigenvalue weighted by Gasteiger charge is 2.34. The molecule has 1 aromatic rings. The van der Waals surface area contributed by atoms with Crippen molar-refractivity contribution < 1.29 is 21.6 Å². The summed E-state index contributed by atoms with van der Waals surface area (Å²) >= 11 is 0. The molecular weight excluding hydrogens is 329 g/mol. The molecule has 1 aromatic carbocycles. The van der Waals surface area contributed by atoms with Crippen LogP contribution in [0.5, 0.6) is 0 Å². The third-order valence-corrected chi connectivity index (χ3v) is 5.35. The smallest absolute Gasteiger partial charge is 0.316 e. The largest absolute Gasteiger partial charge is 0.416 e. The first-order valence-electron chi connectivity index (χ1n) is 7.45. The summed E-state index contributed by atoms with van der Waals surface area (Å²) in [5.74, 6) is -0.674. The van der Waals surface area contributed by atoms with Crippen LogP contribution in [-0.4, -0.2) is 28.1 Å². The summed E-state index contributed by atoms with van der Waals surface area (Å²) in [6, 6.07) is 4.76. The van der Waals surface area contributed by atoms with E-state index in [0.717, 1.165) is 25.5 Å². The Bertz CT molecular complexity index is 638. The number of sulfonamides is 1. The highest BCUT2D eigenvalue weighted by Crippen LogP contribution is 2.32. The highest BCUT2D eigenvalue weighted by atomic mass is 32.2. The summed E-state index contributed by atoms with van der Waals surface area (Å²) in [7, 11) is -3.83. The molecule has 1 heterocycles. The molecule has 1 aliphatic rings. The van der Waals surface area contributed by atoms with E-state index < -0.39 is 27.5 Å². The number of halogens is 3. The highest BCUT2D eigenvalue weighted by molar-refractivity contribution is 7.88. The van der Waals surface area contributed by atoms with Crippen molar-refractivity contribution in [1.82, 2.24) is 10.0 Å². The molecule has 0 amide bonds. The molecule has 8 heteroatoms. The Morgan fingerprint density at radius 2 is 2.00 bits per heavy atom. The third-order valence-electron chi connectivity index (χ3n) is 4.07. The monoisotopic (exact) mass is 350 g/mol. The molecule has 1 aliphatic heterocycles. The van der Waals surface area contributed by atoms with Gasteiger partial charge in [0.2, 0.25) is 10.0 Å².